The van der Waals surface area contributed by atoms with Crippen LogP contribution in [0.25, 0.3) is 0 Å². The van der Waals surface area contributed by atoms with Gasteiger partial charge in [-0.15, -0.1) is 0 Å². The minimum Gasteiger partial charge on any atom is -0.458 e. The number of esters is 2. The summed E-state index contributed by atoms with van der Waals surface area (Å²) < 4.78 is 13.1. The Kier molecular flexibility index (Phi) is 21.3. The Labute approximate surface area is 434 Å². The highest BCUT2D eigenvalue weighted by atomic mass is 79.9. The van der Waals surface area contributed by atoms with Crippen LogP contribution in [0.3, 0.4) is 0 Å². The number of ether oxygens (including phenoxy) is 2. The van der Waals surface area contributed by atoms with Crippen LogP contribution in [0.5, 0.6) is 0 Å². The first kappa shape index (κ1) is 55.2. The summed E-state index contributed by atoms with van der Waals surface area (Å²) in [5.74, 6) is -1.18. The standard InChI is InChI=1S/C26H24BrCl2NO3.C19H22BrNO2.C7H3Cl3O/c1-26(2,3)33-25(32)23(15-17-7-5-4-6-8-17)30(20-12-9-18(27)10-13-20)24(31)21-14-11-19(28)16-22(21)29;1-19(2,3)23-18(22)17(13-14-7-5-4-6-8-14)21-16-11-9-15(20)10-12-16;8-4-1-2-5(7(10)11)6(9)3-4/h4-14,16,23H,15H2,1-3H3;4-12,17,21H,13H2,1-3H3;1-3H/t23-;17-;/m00./s1. The van der Waals surface area contributed by atoms with Crippen LogP contribution < -0.4 is 10.2 Å². The molecule has 2 atom stereocenters. The molecule has 0 unspecified atom stereocenters. The third kappa shape index (κ3) is 18.9. The van der Waals surface area contributed by atoms with Crippen molar-refractivity contribution in [3.63, 3.8) is 0 Å². The van der Waals surface area contributed by atoms with Crippen LogP contribution in [0.15, 0.2) is 155 Å². The molecule has 0 saturated carbocycles. The molecule has 0 spiro atoms. The first-order valence-electron chi connectivity index (χ1n) is 20.7. The van der Waals surface area contributed by atoms with E-state index in [2.05, 4.69) is 37.2 Å². The molecule has 6 rings (SSSR count). The number of anilines is 2. The number of carbonyl (C=O) groups excluding carboxylic acids is 4. The number of carbonyl (C=O) groups is 4. The summed E-state index contributed by atoms with van der Waals surface area (Å²) in [4.78, 5) is 51.9. The van der Waals surface area contributed by atoms with E-state index in [1.54, 1.807) is 51.1 Å². The van der Waals surface area contributed by atoms with Gasteiger partial charge in [-0.3, -0.25) is 14.5 Å². The summed E-state index contributed by atoms with van der Waals surface area (Å²) >= 11 is 35.7. The van der Waals surface area contributed by atoms with Crippen LogP contribution in [0.1, 0.15) is 73.4 Å². The fourth-order valence-corrected chi connectivity index (χ4v) is 7.86. The highest BCUT2D eigenvalue weighted by Gasteiger charge is 2.36. The highest BCUT2D eigenvalue weighted by molar-refractivity contribution is 9.10. The van der Waals surface area contributed by atoms with Gasteiger partial charge in [0.25, 0.3) is 11.1 Å². The van der Waals surface area contributed by atoms with Crippen molar-refractivity contribution in [1.29, 1.82) is 0 Å². The Balaban J connectivity index is 0.000000248. The fraction of sp³-hybridized carbons (Fsp3) is 0.231. The van der Waals surface area contributed by atoms with Crippen molar-refractivity contribution < 1.29 is 28.7 Å². The summed E-state index contributed by atoms with van der Waals surface area (Å²) in [6, 6.07) is 42.2. The summed E-state index contributed by atoms with van der Waals surface area (Å²) in [5, 5.41) is 4.09. The average Bonchev–Trinajstić information content (AvgIpc) is 3.24. The molecule has 67 heavy (non-hydrogen) atoms. The topological polar surface area (TPSA) is 102 Å². The molecule has 0 aliphatic heterocycles. The average molecular weight is 1140 g/mol. The number of halogens is 7. The Hall–Kier alpha value is -4.39. The Morgan fingerprint density at radius 1 is 0.567 bits per heavy atom. The third-order valence-corrected chi connectivity index (χ3v) is 11.4. The van der Waals surface area contributed by atoms with Gasteiger partial charge in [0.05, 0.1) is 21.2 Å². The molecule has 0 aliphatic carbocycles. The van der Waals surface area contributed by atoms with Crippen LogP contribution in [0.2, 0.25) is 20.1 Å². The molecule has 0 aromatic heterocycles. The molecule has 0 bridgehead atoms. The van der Waals surface area contributed by atoms with E-state index in [0.29, 0.717) is 22.2 Å². The molecule has 0 radical (unpaired) electrons. The van der Waals surface area contributed by atoms with E-state index in [1.807, 2.05) is 118 Å². The molecule has 1 N–H and O–H groups in total. The fourth-order valence-electron chi connectivity index (χ4n) is 6.13. The van der Waals surface area contributed by atoms with E-state index >= 15 is 0 Å². The van der Waals surface area contributed by atoms with Gasteiger partial charge in [-0.05, 0) is 149 Å². The maximum atomic E-state index is 13.8. The van der Waals surface area contributed by atoms with Gasteiger partial charge in [-0.25, -0.2) is 9.59 Å². The number of hydrogen-bond acceptors (Lipinski definition) is 7. The minimum atomic E-state index is -0.924. The van der Waals surface area contributed by atoms with Gasteiger partial charge in [-0.2, -0.15) is 0 Å². The van der Waals surface area contributed by atoms with Crippen molar-refractivity contribution in [3.05, 3.63) is 197 Å². The molecule has 0 fully saturated rings. The lowest BCUT2D eigenvalue weighted by molar-refractivity contribution is -0.157. The SMILES string of the molecule is CC(C)(C)OC(=O)[C@H](Cc1ccccc1)N(C(=O)c1ccc(Cl)cc1Cl)c1ccc(Br)cc1.CC(C)(C)OC(=O)[C@H](Cc1ccccc1)Nc1ccc(Br)cc1.O=C(Cl)c1ccc(Cl)cc1Cl. The lowest BCUT2D eigenvalue weighted by Crippen LogP contribution is -2.49. The number of rotatable bonds is 12. The largest absolute Gasteiger partial charge is 0.458 e. The van der Waals surface area contributed by atoms with Crippen molar-refractivity contribution in [2.45, 2.75) is 77.7 Å². The molecule has 0 saturated heterocycles. The number of amides is 1. The molecule has 0 heterocycles. The van der Waals surface area contributed by atoms with Gasteiger partial charge in [0.1, 0.15) is 23.3 Å². The van der Waals surface area contributed by atoms with Crippen molar-refractivity contribution in [3.8, 4) is 0 Å². The zero-order valence-electron chi connectivity index (χ0n) is 37.5. The summed E-state index contributed by atoms with van der Waals surface area (Å²) in [5.41, 5.74) is 2.70. The van der Waals surface area contributed by atoms with Gasteiger partial charge < -0.3 is 14.8 Å². The van der Waals surface area contributed by atoms with E-state index < -0.39 is 40.4 Å². The molecule has 6 aromatic rings. The van der Waals surface area contributed by atoms with Crippen molar-refractivity contribution in [2.75, 3.05) is 10.2 Å². The normalized spacial score (nSPS) is 11.9. The van der Waals surface area contributed by atoms with E-state index in [0.717, 1.165) is 25.8 Å². The molecule has 0 aliphatic rings. The third-order valence-electron chi connectivity index (χ3n) is 9.05. The molecular formula is C52H49Br2Cl5N2O6. The van der Waals surface area contributed by atoms with Crippen molar-refractivity contribution in [2.24, 2.45) is 0 Å². The maximum absolute atomic E-state index is 13.8. The Bertz CT molecular complexity index is 2590. The second-order valence-electron chi connectivity index (χ2n) is 16.8. The minimum absolute atomic E-state index is 0.206. The van der Waals surface area contributed by atoms with Gasteiger partial charge in [0.15, 0.2) is 0 Å². The van der Waals surface area contributed by atoms with Crippen LogP contribution in [-0.2, 0) is 31.9 Å². The van der Waals surface area contributed by atoms with Crippen LogP contribution in [0, 0.1) is 0 Å². The number of hydrogen-bond donors (Lipinski definition) is 1. The van der Waals surface area contributed by atoms with Crippen LogP contribution in [0.4, 0.5) is 11.4 Å². The molecule has 1 amide bonds. The van der Waals surface area contributed by atoms with Gasteiger partial charge in [0, 0.05) is 43.2 Å². The highest BCUT2D eigenvalue weighted by Crippen LogP contribution is 2.30. The van der Waals surface area contributed by atoms with Crippen LogP contribution in [-0.4, -0.2) is 46.4 Å². The first-order valence-corrected chi connectivity index (χ1v) is 24.2. The van der Waals surface area contributed by atoms with Crippen LogP contribution >= 0.6 is 89.9 Å². The summed E-state index contributed by atoms with van der Waals surface area (Å²) in [6.45, 7) is 11.0. The van der Waals surface area contributed by atoms with E-state index in [9.17, 15) is 19.2 Å². The number of nitrogens with one attached hydrogen (secondary N) is 1. The van der Waals surface area contributed by atoms with E-state index in [4.69, 9.17) is 67.5 Å². The molecular weight excluding hydrogens is 1090 g/mol. The molecule has 8 nitrogen and oxygen atoms in total. The van der Waals surface area contributed by atoms with Gasteiger partial charge in [0.2, 0.25) is 0 Å². The van der Waals surface area contributed by atoms with Gasteiger partial charge in [-0.1, -0.05) is 139 Å². The predicted molar refractivity (Wildman–Crippen MR) is 281 cm³/mol. The zero-order valence-corrected chi connectivity index (χ0v) is 44.4. The van der Waals surface area contributed by atoms with E-state index in [1.165, 1.54) is 23.1 Å². The van der Waals surface area contributed by atoms with Crippen molar-refractivity contribution in [1.82, 2.24) is 0 Å². The second kappa shape index (κ2) is 25.8. The first-order chi connectivity index (χ1) is 31.5. The predicted octanol–water partition coefficient (Wildman–Crippen LogP) is 15.5. The smallest absolute Gasteiger partial charge is 0.330 e. The Morgan fingerprint density at radius 3 is 1.45 bits per heavy atom. The second-order valence-corrected chi connectivity index (χ2v) is 20.7. The van der Waals surface area contributed by atoms with E-state index in [-0.39, 0.29) is 33.6 Å². The van der Waals surface area contributed by atoms with Crippen molar-refractivity contribution >= 4 is 124 Å². The quantitative estimate of drug-likeness (QED) is 0.0962. The molecule has 15 heteroatoms. The van der Waals surface area contributed by atoms with Gasteiger partial charge >= 0.3 is 11.9 Å². The monoisotopic (exact) mass is 1130 g/mol. The molecule has 352 valence electrons. The lowest BCUT2D eigenvalue weighted by atomic mass is 10.0. The Morgan fingerprint density at radius 2 is 1.00 bits per heavy atom. The summed E-state index contributed by atoms with van der Waals surface area (Å²) in [6.07, 6.45) is 0.842. The summed E-state index contributed by atoms with van der Waals surface area (Å²) in [7, 11) is 0. The maximum Gasteiger partial charge on any atom is 0.330 e. The zero-order chi connectivity index (χ0) is 49.5. The molecule has 6 aromatic carbocycles. The lowest BCUT2D eigenvalue weighted by Gasteiger charge is -2.33. The number of nitrogens with zero attached hydrogens (tertiary/aromatic N) is 1. The number of benzene rings is 6.